The van der Waals surface area contributed by atoms with Gasteiger partial charge in [-0.15, -0.1) is 0 Å². The number of hydrogen-bond donors (Lipinski definition) is 0. The standard InChI is InChI=1S/C19H15NO5S/c21-20(22)16-6-8-17(9-7-16)25-18-10-12-19(13-11-18)26(23,24)14-15-4-2-1-3-5-15/h1-13H,14H2. The molecule has 0 unspecified atom stereocenters. The van der Waals surface area contributed by atoms with Gasteiger partial charge in [0.1, 0.15) is 11.5 Å². The van der Waals surface area contributed by atoms with Crippen molar-refractivity contribution in [3.8, 4) is 11.5 Å². The Morgan fingerprint density at radius 3 is 1.88 bits per heavy atom. The van der Waals surface area contributed by atoms with Crippen molar-refractivity contribution in [3.05, 3.63) is 94.5 Å². The van der Waals surface area contributed by atoms with Gasteiger partial charge in [-0.25, -0.2) is 8.42 Å². The van der Waals surface area contributed by atoms with E-state index in [-0.39, 0.29) is 16.3 Å². The Bertz CT molecular complexity index is 998. The number of rotatable bonds is 6. The molecule has 6 nitrogen and oxygen atoms in total. The predicted octanol–water partition coefficient (Wildman–Crippen LogP) is 4.36. The molecule has 0 amide bonds. The van der Waals surface area contributed by atoms with Crippen LogP contribution in [0.3, 0.4) is 0 Å². The second-order valence-electron chi connectivity index (χ2n) is 5.57. The summed E-state index contributed by atoms with van der Waals surface area (Å²) in [7, 11) is -3.45. The third-order valence-corrected chi connectivity index (χ3v) is 5.37. The van der Waals surface area contributed by atoms with Crippen molar-refractivity contribution in [2.75, 3.05) is 0 Å². The molecule has 3 rings (SSSR count). The van der Waals surface area contributed by atoms with Gasteiger partial charge in [-0.05, 0) is 42.0 Å². The number of nitro groups is 1. The van der Waals surface area contributed by atoms with E-state index in [2.05, 4.69) is 0 Å². The van der Waals surface area contributed by atoms with Crippen LogP contribution in [-0.2, 0) is 15.6 Å². The van der Waals surface area contributed by atoms with Gasteiger partial charge >= 0.3 is 0 Å². The number of nitrogens with zero attached hydrogens (tertiary/aromatic N) is 1. The van der Waals surface area contributed by atoms with Gasteiger partial charge < -0.3 is 4.74 Å². The second-order valence-corrected chi connectivity index (χ2v) is 7.56. The van der Waals surface area contributed by atoms with Crippen LogP contribution in [0.1, 0.15) is 5.56 Å². The molecule has 0 saturated carbocycles. The largest absolute Gasteiger partial charge is 0.457 e. The number of ether oxygens (including phenoxy) is 1. The maximum atomic E-state index is 12.5. The van der Waals surface area contributed by atoms with Crippen LogP contribution in [0, 0.1) is 10.1 Å². The Morgan fingerprint density at radius 2 is 1.35 bits per heavy atom. The lowest BCUT2D eigenvalue weighted by Gasteiger charge is -2.08. The van der Waals surface area contributed by atoms with Crippen LogP contribution >= 0.6 is 0 Å². The van der Waals surface area contributed by atoms with Crippen molar-refractivity contribution in [2.24, 2.45) is 0 Å². The molecule has 0 bridgehead atoms. The summed E-state index contributed by atoms with van der Waals surface area (Å²) < 4.78 is 30.5. The molecule has 0 atom stereocenters. The van der Waals surface area contributed by atoms with Crippen LogP contribution < -0.4 is 4.74 Å². The van der Waals surface area contributed by atoms with Gasteiger partial charge in [0.15, 0.2) is 9.84 Å². The molecule has 0 aliphatic carbocycles. The predicted molar refractivity (Wildman–Crippen MR) is 96.9 cm³/mol. The maximum Gasteiger partial charge on any atom is 0.269 e. The number of non-ortho nitro benzene ring substituents is 1. The molecule has 0 saturated heterocycles. The highest BCUT2D eigenvalue weighted by atomic mass is 32.2. The Balaban J connectivity index is 1.72. The van der Waals surface area contributed by atoms with Gasteiger partial charge in [-0.1, -0.05) is 30.3 Å². The van der Waals surface area contributed by atoms with Gasteiger partial charge in [0.05, 0.1) is 15.6 Å². The van der Waals surface area contributed by atoms with Gasteiger partial charge in [0.25, 0.3) is 5.69 Å². The number of hydrogen-bond acceptors (Lipinski definition) is 5. The first-order valence-corrected chi connectivity index (χ1v) is 9.38. The molecular weight excluding hydrogens is 354 g/mol. The molecule has 0 spiro atoms. The lowest BCUT2D eigenvalue weighted by molar-refractivity contribution is -0.384. The average molecular weight is 369 g/mol. The summed E-state index contributed by atoms with van der Waals surface area (Å²) in [4.78, 5) is 10.4. The molecule has 3 aromatic rings. The van der Waals surface area contributed by atoms with Gasteiger partial charge in [0, 0.05) is 12.1 Å². The highest BCUT2D eigenvalue weighted by molar-refractivity contribution is 7.90. The molecule has 0 radical (unpaired) electrons. The highest BCUT2D eigenvalue weighted by Crippen LogP contribution is 2.25. The smallest absolute Gasteiger partial charge is 0.269 e. The lowest BCUT2D eigenvalue weighted by atomic mass is 10.2. The zero-order valence-corrected chi connectivity index (χ0v) is 14.4. The summed E-state index contributed by atoms with van der Waals surface area (Å²) in [5.41, 5.74) is 0.693. The van der Waals surface area contributed by atoms with Crippen LogP contribution in [0.2, 0.25) is 0 Å². The number of nitro benzene ring substituents is 1. The minimum absolute atomic E-state index is 0.0281. The molecule has 7 heteroatoms. The van der Waals surface area contributed by atoms with Crippen LogP contribution in [0.15, 0.2) is 83.8 Å². The summed E-state index contributed by atoms with van der Waals surface area (Å²) in [5.74, 6) is 0.796. The quantitative estimate of drug-likeness (QED) is 0.476. The summed E-state index contributed by atoms with van der Waals surface area (Å²) in [6.07, 6.45) is 0. The van der Waals surface area contributed by atoms with Crippen molar-refractivity contribution in [3.63, 3.8) is 0 Å². The minimum Gasteiger partial charge on any atom is -0.457 e. The molecule has 0 aliphatic rings. The Labute approximate surface area is 150 Å². The molecule has 132 valence electrons. The van der Waals surface area contributed by atoms with E-state index < -0.39 is 14.8 Å². The van der Waals surface area contributed by atoms with Crippen LogP contribution in [0.4, 0.5) is 5.69 Å². The van der Waals surface area contributed by atoms with E-state index in [0.717, 1.165) is 5.56 Å². The van der Waals surface area contributed by atoms with Crippen LogP contribution in [0.25, 0.3) is 0 Å². The Hall–Kier alpha value is -3.19. The topological polar surface area (TPSA) is 86.5 Å². The Morgan fingerprint density at radius 1 is 0.808 bits per heavy atom. The van der Waals surface area contributed by atoms with Crippen LogP contribution in [-0.4, -0.2) is 13.3 Å². The third kappa shape index (κ3) is 4.25. The van der Waals surface area contributed by atoms with E-state index in [1.54, 1.807) is 36.4 Å². The van der Waals surface area contributed by atoms with Crippen molar-refractivity contribution in [1.29, 1.82) is 0 Å². The summed E-state index contributed by atoms with van der Waals surface area (Å²) >= 11 is 0. The van der Waals surface area contributed by atoms with Crippen molar-refractivity contribution in [2.45, 2.75) is 10.6 Å². The average Bonchev–Trinajstić information content (AvgIpc) is 2.63. The lowest BCUT2D eigenvalue weighted by Crippen LogP contribution is -2.04. The van der Waals surface area contributed by atoms with E-state index >= 15 is 0 Å². The van der Waals surface area contributed by atoms with Gasteiger partial charge in [-0.2, -0.15) is 0 Å². The van der Waals surface area contributed by atoms with Crippen LogP contribution in [0.5, 0.6) is 11.5 Å². The number of sulfone groups is 1. The minimum atomic E-state index is -3.45. The van der Waals surface area contributed by atoms with E-state index in [0.29, 0.717) is 11.5 Å². The molecule has 0 aromatic heterocycles. The summed E-state index contributed by atoms with van der Waals surface area (Å²) in [6.45, 7) is 0. The fraction of sp³-hybridized carbons (Fsp3) is 0.0526. The first kappa shape index (κ1) is 17.6. The Kier molecular flexibility index (Phi) is 4.99. The van der Waals surface area contributed by atoms with Crippen molar-refractivity contribution >= 4 is 15.5 Å². The van der Waals surface area contributed by atoms with Gasteiger partial charge in [-0.3, -0.25) is 10.1 Å². The molecule has 0 fully saturated rings. The third-order valence-electron chi connectivity index (χ3n) is 3.67. The SMILES string of the molecule is O=[N+]([O-])c1ccc(Oc2ccc(S(=O)(=O)Cc3ccccc3)cc2)cc1. The van der Waals surface area contributed by atoms with E-state index in [1.165, 1.54) is 36.4 Å². The highest BCUT2D eigenvalue weighted by Gasteiger charge is 2.15. The zero-order chi connectivity index (χ0) is 18.6. The first-order valence-electron chi connectivity index (χ1n) is 7.73. The van der Waals surface area contributed by atoms with E-state index in [9.17, 15) is 18.5 Å². The molecular formula is C19H15NO5S. The normalized spacial score (nSPS) is 11.1. The molecule has 0 N–H and O–H groups in total. The molecule has 26 heavy (non-hydrogen) atoms. The fourth-order valence-electron chi connectivity index (χ4n) is 2.36. The fourth-order valence-corrected chi connectivity index (χ4v) is 3.71. The molecule has 0 heterocycles. The molecule has 0 aliphatic heterocycles. The molecule has 3 aromatic carbocycles. The summed E-state index contributed by atoms with van der Waals surface area (Å²) in [6, 6.07) is 20.7. The van der Waals surface area contributed by atoms with Crippen molar-refractivity contribution in [1.82, 2.24) is 0 Å². The summed E-state index contributed by atoms with van der Waals surface area (Å²) in [5, 5.41) is 10.6. The van der Waals surface area contributed by atoms with Gasteiger partial charge in [0.2, 0.25) is 0 Å². The zero-order valence-electron chi connectivity index (χ0n) is 13.6. The number of benzene rings is 3. The van der Waals surface area contributed by atoms with Crippen molar-refractivity contribution < 1.29 is 18.1 Å². The van der Waals surface area contributed by atoms with E-state index in [1.807, 2.05) is 6.07 Å². The second kappa shape index (κ2) is 7.37. The maximum absolute atomic E-state index is 12.5. The van der Waals surface area contributed by atoms with E-state index in [4.69, 9.17) is 4.74 Å². The monoisotopic (exact) mass is 369 g/mol. The first-order chi connectivity index (χ1) is 12.4.